The summed E-state index contributed by atoms with van der Waals surface area (Å²) in [6, 6.07) is 9.89. The van der Waals surface area contributed by atoms with Crippen molar-refractivity contribution >= 4 is 15.9 Å². The zero-order chi connectivity index (χ0) is 22.6. The molecular weight excluding hydrogens is 416 g/mol. The van der Waals surface area contributed by atoms with Crippen LogP contribution >= 0.6 is 0 Å². The minimum absolute atomic E-state index is 0.156. The molecular formula is C23H30N2O5S. The predicted octanol–water partition coefficient (Wildman–Crippen LogP) is 3.68. The van der Waals surface area contributed by atoms with Crippen molar-refractivity contribution in [2.24, 2.45) is 0 Å². The van der Waals surface area contributed by atoms with Crippen LogP contribution in [0.4, 0.5) is 0 Å². The lowest BCUT2D eigenvalue weighted by atomic mass is 10.1. The van der Waals surface area contributed by atoms with Gasteiger partial charge in [-0.1, -0.05) is 18.6 Å². The van der Waals surface area contributed by atoms with Gasteiger partial charge in [-0.15, -0.1) is 0 Å². The van der Waals surface area contributed by atoms with E-state index in [0.29, 0.717) is 30.2 Å². The molecule has 1 amide bonds. The molecule has 2 aromatic carbocycles. The Kier molecular flexibility index (Phi) is 7.23. The number of nitrogens with one attached hydrogen (secondary N) is 1. The van der Waals surface area contributed by atoms with Crippen molar-refractivity contribution in [1.29, 1.82) is 0 Å². The maximum atomic E-state index is 13.0. The molecule has 1 atom stereocenters. The van der Waals surface area contributed by atoms with Gasteiger partial charge in [-0.05, 0) is 62.1 Å². The molecule has 0 aliphatic carbocycles. The Bertz CT molecular complexity index is 1050. The number of hydrogen-bond donors (Lipinski definition) is 1. The quantitative estimate of drug-likeness (QED) is 0.701. The first-order valence-electron chi connectivity index (χ1n) is 10.4. The smallest absolute Gasteiger partial charge is 0.252 e. The van der Waals surface area contributed by atoms with Gasteiger partial charge in [0.25, 0.3) is 5.91 Å². The SMILES string of the molecule is COc1ccc([C@@H](C)NC(=O)c2cc(S(=O)(=O)N3CCCCC3)ccc2C)cc1OC. The van der Waals surface area contributed by atoms with Crippen molar-refractivity contribution in [2.75, 3.05) is 27.3 Å². The van der Waals surface area contributed by atoms with Crippen molar-refractivity contribution in [3.8, 4) is 11.5 Å². The van der Waals surface area contributed by atoms with Crippen molar-refractivity contribution in [3.05, 3.63) is 53.1 Å². The van der Waals surface area contributed by atoms with Gasteiger partial charge in [-0.3, -0.25) is 4.79 Å². The summed E-state index contributed by atoms with van der Waals surface area (Å²) in [5.41, 5.74) is 1.92. The maximum absolute atomic E-state index is 13.0. The summed E-state index contributed by atoms with van der Waals surface area (Å²) in [6.07, 6.45) is 2.77. The Balaban J connectivity index is 1.82. The molecule has 8 heteroatoms. The maximum Gasteiger partial charge on any atom is 0.252 e. The van der Waals surface area contributed by atoms with E-state index in [4.69, 9.17) is 9.47 Å². The van der Waals surface area contributed by atoms with Crippen molar-refractivity contribution in [2.45, 2.75) is 44.0 Å². The molecule has 1 aliphatic rings. The summed E-state index contributed by atoms with van der Waals surface area (Å²) in [7, 11) is -0.485. The monoisotopic (exact) mass is 446 g/mol. The third-order valence-electron chi connectivity index (χ3n) is 5.66. The molecule has 0 radical (unpaired) electrons. The molecule has 1 saturated heterocycles. The topological polar surface area (TPSA) is 84.9 Å². The van der Waals surface area contributed by atoms with Gasteiger partial charge >= 0.3 is 0 Å². The van der Waals surface area contributed by atoms with Crippen molar-refractivity contribution in [1.82, 2.24) is 9.62 Å². The Morgan fingerprint density at radius 1 is 1.00 bits per heavy atom. The highest BCUT2D eigenvalue weighted by Crippen LogP contribution is 2.30. The Morgan fingerprint density at radius 3 is 2.32 bits per heavy atom. The van der Waals surface area contributed by atoms with E-state index in [2.05, 4.69) is 5.32 Å². The van der Waals surface area contributed by atoms with Crippen molar-refractivity contribution in [3.63, 3.8) is 0 Å². The van der Waals surface area contributed by atoms with Crippen LogP contribution in [0.1, 0.15) is 53.7 Å². The Labute approximate surface area is 184 Å². The van der Waals surface area contributed by atoms with E-state index in [9.17, 15) is 13.2 Å². The molecule has 0 unspecified atom stereocenters. The molecule has 1 heterocycles. The fourth-order valence-electron chi connectivity index (χ4n) is 3.74. The van der Waals surface area contributed by atoms with Crippen molar-refractivity contribution < 1.29 is 22.7 Å². The molecule has 2 aromatic rings. The second kappa shape index (κ2) is 9.70. The van der Waals surface area contributed by atoms with Gasteiger partial charge in [0.05, 0.1) is 25.2 Å². The molecule has 0 bridgehead atoms. The molecule has 1 N–H and O–H groups in total. The molecule has 1 aliphatic heterocycles. The number of benzene rings is 2. The number of hydrogen-bond acceptors (Lipinski definition) is 5. The van der Waals surface area contributed by atoms with E-state index in [1.165, 1.54) is 10.4 Å². The van der Waals surface area contributed by atoms with Crippen LogP contribution < -0.4 is 14.8 Å². The number of carbonyl (C=O) groups excluding carboxylic acids is 1. The largest absolute Gasteiger partial charge is 0.493 e. The van der Waals surface area contributed by atoms with E-state index in [1.807, 2.05) is 19.1 Å². The van der Waals surface area contributed by atoms with Gasteiger partial charge in [0.15, 0.2) is 11.5 Å². The van der Waals surface area contributed by atoms with E-state index < -0.39 is 10.0 Å². The van der Waals surface area contributed by atoms with Crippen LogP contribution in [0.2, 0.25) is 0 Å². The van der Waals surface area contributed by atoms with Gasteiger partial charge in [0, 0.05) is 18.7 Å². The Hall–Kier alpha value is -2.58. The van der Waals surface area contributed by atoms with E-state index in [0.717, 1.165) is 30.4 Å². The number of ether oxygens (including phenoxy) is 2. The lowest BCUT2D eigenvalue weighted by molar-refractivity contribution is 0.0939. The number of aryl methyl sites for hydroxylation is 1. The summed E-state index contributed by atoms with van der Waals surface area (Å²) in [6.45, 7) is 4.71. The van der Waals surface area contributed by atoms with E-state index >= 15 is 0 Å². The van der Waals surface area contributed by atoms with Crippen LogP contribution in [0, 0.1) is 6.92 Å². The van der Waals surface area contributed by atoms with E-state index in [-0.39, 0.29) is 16.8 Å². The van der Waals surface area contributed by atoms with Gasteiger partial charge in [-0.2, -0.15) is 4.31 Å². The molecule has 1 fully saturated rings. The van der Waals surface area contributed by atoms with Gasteiger partial charge in [0.1, 0.15) is 0 Å². The minimum atomic E-state index is -3.61. The number of carbonyl (C=O) groups is 1. The number of methoxy groups -OCH3 is 2. The lowest BCUT2D eigenvalue weighted by Crippen LogP contribution is -2.35. The molecule has 3 rings (SSSR count). The van der Waals surface area contributed by atoms with Crippen LogP contribution in [0.25, 0.3) is 0 Å². The fourth-order valence-corrected chi connectivity index (χ4v) is 5.28. The van der Waals surface area contributed by atoms with Gasteiger partial charge in [0.2, 0.25) is 10.0 Å². The number of piperidine rings is 1. The molecule has 7 nitrogen and oxygen atoms in total. The normalized spacial score (nSPS) is 15.9. The van der Waals surface area contributed by atoms with Crippen LogP contribution in [0.5, 0.6) is 11.5 Å². The second-order valence-corrected chi connectivity index (χ2v) is 9.69. The summed E-state index contributed by atoms with van der Waals surface area (Å²) in [5.74, 6) is 0.860. The highest BCUT2D eigenvalue weighted by molar-refractivity contribution is 7.89. The average molecular weight is 447 g/mol. The second-order valence-electron chi connectivity index (χ2n) is 7.75. The van der Waals surface area contributed by atoms with Crippen LogP contribution in [-0.2, 0) is 10.0 Å². The zero-order valence-electron chi connectivity index (χ0n) is 18.5. The summed E-state index contributed by atoms with van der Waals surface area (Å²) in [5, 5.41) is 2.96. The van der Waals surface area contributed by atoms with Gasteiger partial charge in [-0.25, -0.2) is 8.42 Å². The first-order chi connectivity index (χ1) is 14.8. The Morgan fingerprint density at radius 2 is 1.68 bits per heavy atom. The molecule has 0 aromatic heterocycles. The van der Waals surface area contributed by atoms with Crippen LogP contribution in [0.15, 0.2) is 41.3 Å². The number of rotatable bonds is 7. The summed E-state index contributed by atoms with van der Waals surface area (Å²) < 4.78 is 38.1. The standard InChI is InChI=1S/C23H30N2O5S/c1-16-8-10-19(31(27,28)25-12-6-5-7-13-25)15-20(16)23(26)24-17(2)18-9-11-21(29-3)22(14-18)30-4/h8-11,14-15,17H,5-7,12-13H2,1-4H3,(H,24,26)/t17-/m1/s1. The van der Waals surface area contributed by atoms with Crippen LogP contribution in [-0.4, -0.2) is 45.9 Å². The first kappa shape index (κ1) is 23.1. The van der Waals surface area contributed by atoms with Crippen LogP contribution in [0.3, 0.4) is 0 Å². The molecule has 31 heavy (non-hydrogen) atoms. The number of nitrogens with zero attached hydrogens (tertiary/aromatic N) is 1. The highest BCUT2D eigenvalue weighted by atomic mass is 32.2. The van der Waals surface area contributed by atoms with Gasteiger partial charge < -0.3 is 14.8 Å². The third kappa shape index (κ3) is 5.02. The number of amides is 1. The molecule has 0 saturated carbocycles. The summed E-state index contributed by atoms with van der Waals surface area (Å²) >= 11 is 0. The first-order valence-corrected chi connectivity index (χ1v) is 11.9. The number of sulfonamides is 1. The fraction of sp³-hybridized carbons (Fsp3) is 0.435. The molecule has 168 valence electrons. The molecule has 0 spiro atoms. The summed E-state index contributed by atoms with van der Waals surface area (Å²) in [4.78, 5) is 13.2. The average Bonchev–Trinajstić information content (AvgIpc) is 2.79. The van der Waals surface area contributed by atoms with E-state index in [1.54, 1.807) is 39.3 Å². The highest BCUT2D eigenvalue weighted by Gasteiger charge is 2.27. The zero-order valence-corrected chi connectivity index (χ0v) is 19.3. The lowest BCUT2D eigenvalue weighted by Gasteiger charge is -2.26. The predicted molar refractivity (Wildman–Crippen MR) is 119 cm³/mol. The minimum Gasteiger partial charge on any atom is -0.493 e. The third-order valence-corrected chi connectivity index (χ3v) is 7.56.